The highest BCUT2D eigenvalue weighted by Crippen LogP contribution is 2.34. The zero-order chi connectivity index (χ0) is 20.5. The number of halogens is 1. The van der Waals surface area contributed by atoms with Crippen molar-refractivity contribution in [3.05, 3.63) is 52.5 Å². The normalized spacial score (nSPS) is 10.5. The number of para-hydroxylation sites is 1. The predicted molar refractivity (Wildman–Crippen MR) is 105 cm³/mol. The fourth-order valence-electron chi connectivity index (χ4n) is 2.24. The van der Waals surface area contributed by atoms with Crippen LogP contribution in [-0.2, 0) is 4.79 Å². The number of phenols is 1. The molecule has 2 rings (SSSR count). The number of amides is 2. The van der Waals surface area contributed by atoms with Crippen LogP contribution in [0.5, 0.6) is 17.2 Å². The molecule has 0 radical (unpaired) electrons. The molecule has 0 aliphatic carbocycles. The molecular formula is C19H20ClN3O5. The van der Waals surface area contributed by atoms with Gasteiger partial charge in [-0.2, -0.15) is 5.10 Å². The largest absolute Gasteiger partial charge is 0.503 e. The fourth-order valence-corrected chi connectivity index (χ4v) is 2.46. The first-order valence-electron chi connectivity index (χ1n) is 8.34. The van der Waals surface area contributed by atoms with Gasteiger partial charge in [-0.3, -0.25) is 9.59 Å². The smallest absolute Gasteiger partial charge is 0.259 e. The van der Waals surface area contributed by atoms with E-state index in [0.29, 0.717) is 23.5 Å². The van der Waals surface area contributed by atoms with E-state index < -0.39 is 11.8 Å². The fraction of sp³-hybridized carbons (Fsp3) is 0.211. The molecule has 0 spiro atoms. The summed E-state index contributed by atoms with van der Waals surface area (Å²) < 4.78 is 10.4. The maximum absolute atomic E-state index is 12.1. The predicted octanol–water partition coefficient (Wildman–Crippen LogP) is 2.33. The van der Waals surface area contributed by atoms with Gasteiger partial charge in [0.25, 0.3) is 11.8 Å². The van der Waals surface area contributed by atoms with Crippen molar-refractivity contribution < 1.29 is 24.2 Å². The van der Waals surface area contributed by atoms with Crippen LogP contribution < -0.4 is 20.2 Å². The average molecular weight is 406 g/mol. The molecule has 2 aromatic rings. The minimum atomic E-state index is -0.519. The minimum Gasteiger partial charge on any atom is -0.503 e. The standard InChI is InChI=1S/C19H20ClN3O5/c1-3-28-16-9-12(8-14(20)18(16)25)10-22-23-17(24)11-21-19(26)13-6-4-5-7-15(13)27-2/h4-10,25H,3,11H2,1-2H3,(H,21,26)(H,23,24). The van der Waals surface area contributed by atoms with Crippen LogP contribution in [0.25, 0.3) is 0 Å². The number of ether oxygens (including phenoxy) is 2. The maximum atomic E-state index is 12.1. The second kappa shape index (κ2) is 10.2. The molecule has 0 saturated carbocycles. The van der Waals surface area contributed by atoms with Crippen molar-refractivity contribution in [3.63, 3.8) is 0 Å². The van der Waals surface area contributed by atoms with E-state index in [1.807, 2.05) is 0 Å². The van der Waals surface area contributed by atoms with Crippen molar-refractivity contribution in [1.29, 1.82) is 0 Å². The summed E-state index contributed by atoms with van der Waals surface area (Å²) in [5.74, 6) is -0.499. The monoisotopic (exact) mass is 405 g/mol. The lowest BCUT2D eigenvalue weighted by molar-refractivity contribution is -0.120. The number of benzene rings is 2. The van der Waals surface area contributed by atoms with Crippen LogP contribution in [-0.4, -0.2) is 43.4 Å². The Labute approximate surface area is 167 Å². The molecule has 8 nitrogen and oxygen atoms in total. The minimum absolute atomic E-state index is 0.0998. The van der Waals surface area contributed by atoms with Crippen molar-refractivity contribution >= 4 is 29.6 Å². The number of methoxy groups -OCH3 is 1. The molecule has 2 aromatic carbocycles. The van der Waals surface area contributed by atoms with Crippen molar-refractivity contribution in [2.45, 2.75) is 6.92 Å². The van der Waals surface area contributed by atoms with Crippen LogP contribution in [0.2, 0.25) is 5.02 Å². The molecule has 28 heavy (non-hydrogen) atoms. The second-order valence-corrected chi connectivity index (χ2v) is 5.87. The Hall–Kier alpha value is -3.26. The van der Waals surface area contributed by atoms with Gasteiger partial charge in [0.15, 0.2) is 11.5 Å². The van der Waals surface area contributed by atoms with E-state index in [4.69, 9.17) is 21.1 Å². The third-order valence-electron chi connectivity index (χ3n) is 3.51. The van der Waals surface area contributed by atoms with Gasteiger partial charge < -0.3 is 19.9 Å². The lowest BCUT2D eigenvalue weighted by Gasteiger charge is -2.09. The van der Waals surface area contributed by atoms with Gasteiger partial charge in [-0.1, -0.05) is 23.7 Å². The summed E-state index contributed by atoms with van der Waals surface area (Å²) in [6, 6.07) is 9.68. The number of aromatic hydroxyl groups is 1. The first kappa shape index (κ1) is 21.0. The molecule has 0 unspecified atom stereocenters. The molecule has 0 saturated heterocycles. The Balaban J connectivity index is 1.91. The van der Waals surface area contributed by atoms with E-state index in [1.165, 1.54) is 25.5 Å². The zero-order valence-corrected chi connectivity index (χ0v) is 16.1. The quantitative estimate of drug-likeness (QED) is 0.461. The SMILES string of the molecule is CCOc1cc(C=NNC(=O)CNC(=O)c2ccccc2OC)cc(Cl)c1O. The number of hydrazone groups is 1. The average Bonchev–Trinajstić information content (AvgIpc) is 2.70. The molecule has 0 atom stereocenters. The lowest BCUT2D eigenvalue weighted by Crippen LogP contribution is -2.35. The van der Waals surface area contributed by atoms with Crippen molar-refractivity contribution in [2.24, 2.45) is 5.10 Å². The van der Waals surface area contributed by atoms with Gasteiger partial charge >= 0.3 is 0 Å². The molecule has 9 heteroatoms. The summed E-state index contributed by atoms with van der Waals surface area (Å²) >= 11 is 5.93. The first-order valence-corrected chi connectivity index (χ1v) is 8.72. The molecule has 3 N–H and O–H groups in total. The molecule has 0 bridgehead atoms. The Bertz CT molecular complexity index is 886. The number of nitrogens with one attached hydrogen (secondary N) is 2. The Morgan fingerprint density at radius 1 is 1.25 bits per heavy atom. The van der Waals surface area contributed by atoms with Gasteiger partial charge in [0.1, 0.15) is 5.75 Å². The first-order chi connectivity index (χ1) is 13.5. The van der Waals surface area contributed by atoms with E-state index in [-0.39, 0.29) is 23.1 Å². The number of hydrogen-bond acceptors (Lipinski definition) is 6. The summed E-state index contributed by atoms with van der Waals surface area (Å²) in [4.78, 5) is 24.0. The summed E-state index contributed by atoms with van der Waals surface area (Å²) in [5.41, 5.74) is 3.13. The summed E-state index contributed by atoms with van der Waals surface area (Å²) in [7, 11) is 1.46. The summed E-state index contributed by atoms with van der Waals surface area (Å²) in [5, 5.41) is 16.2. The van der Waals surface area contributed by atoms with Crippen LogP contribution in [0.4, 0.5) is 0 Å². The molecule has 0 fully saturated rings. The zero-order valence-electron chi connectivity index (χ0n) is 15.4. The van der Waals surface area contributed by atoms with E-state index in [2.05, 4.69) is 15.8 Å². The number of hydrogen-bond donors (Lipinski definition) is 3. The van der Waals surface area contributed by atoms with Gasteiger partial charge in [-0.25, -0.2) is 5.43 Å². The highest BCUT2D eigenvalue weighted by molar-refractivity contribution is 6.32. The summed E-state index contributed by atoms with van der Waals surface area (Å²) in [6.07, 6.45) is 1.34. The van der Waals surface area contributed by atoms with Crippen LogP contribution in [0.3, 0.4) is 0 Å². The third-order valence-corrected chi connectivity index (χ3v) is 3.80. The Morgan fingerprint density at radius 2 is 2.00 bits per heavy atom. The van der Waals surface area contributed by atoms with Gasteiger partial charge in [-0.15, -0.1) is 0 Å². The van der Waals surface area contributed by atoms with E-state index >= 15 is 0 Å². The molecule has 2 amide bonds. The number of nitrogens with zero attached hydrogens (tertiary/aromatic N) is 1. The van der Waals surface area contributed by atoms with Gasteiger partial charge in [-0.05, 0) is 36.8 Å². The molecule has 148 valence electrons. The van der Waals surface area contributed by atoms with Crippen LogP contribution in [0.1, 0.15) is 22.8 Å². The van der Waals surface area contributed by atoms with E-state index in [9.17, 15) is 14.7 Å². The Kier molecular flexibility index (Phi) is 7.65. The summed E-state index contributed by atoms with van der Waals surface area (Å²) in [6.45, 7) is 1.86. The molecule has 0 heterocycles. The second-order valence-electron chi connectivity index (χ2n) is 5.46. The number of phenolic OH excluding ortho intramolecular Hbond substituents is 1. The van der Waals surface area contributed by atoms with Gasteiger partial charge in [0, 0.05) is 0 Å². The van der Waals surface area contributed by atoms with Crippen LogP contribution >= 0.6 is 11.6 Å². The van der Waals surface area contributed by atoms with Crippen molar-refractivity contribution in [1.82, 2.24) is 10.7 Å². The highest BCUT2D eigenvalue weighted by Gasteiger charge is 2.12. The number of carbonyl (C=O) groups is 2. The van der Waals surface area contributed by atoms with Crippen LogP contribution in [0, 0.1) is 0 Å². The van der Waals surface area contributed by atoms with Gasteiger partial charge in [0.05, 0.1) is 37.1 Å². The topological polar surface area (TPSA) is 109 Å². The molecule has 0 aliphatic rings. The number of carbonyl (C=O) groups excluding carboxylic acids is 2. The van der Waals surface area contributed by atoms with E-state index in [0.717, 1.165) is 0 Å². The molecule has 0 aliphatic heterocycles. The maximum Gasteiger partial charge on any atom is 0.259 e. The third kappa shape index (κ3) is 5.62. The Morgan fingerprint density at radius 3 is 2.71 bits per heavy atom. The van der Waals surface area contributed by atoms with Gasteiger partial charge in [0.2, 0.25) is 0 Å². The van der Waals surface area contributed by atoms with Crippen molar-refractivity contribution in [3.8, 4) is 17.2 Å². The van der Waals surface area contributed by atoms with Crippen molar-refractivity contribution in [2.75, 3.05) is 20.3 Å². The highest BCUT2D eigenvalue weighted by atomic mass is 35.5. The number of rotatable bonds is 8. The molecular weight excluding hydrogens is 386 g/mol. The van der Waals surface area contributed by atoms with Crippen LogP contribution in [0.15, 0.2) is 41.5 Å². The molecule has 0 aromatic heterocycles. The van der Waals surface area contributed by atoms with E-state index in [1.54, 1.807) is 31.2 Å². The lowest BCUT2D eigenvalue weighted by atomic mass is 10.2.